The van der Waals surface area contributed by atoms with Gasteiger partial charge in [0.05, 0.1) is 0 Å². The number of aldehydes is 1. The first-order valence-corrected chi connectivity index (χ1v) is 7.30. The predicted molar refractivity (Wildman–Crippen MR) is 88.5 cm³/mol. The number of hydrogen-bond acceptors (Lipinski definition) is 6. The molecule has 7 nitrogen and oxygen atoms in total. The number of carbonyl (C=O) groups excluding carboxylic acids is 2. The zero-order chi connectivity index (χ0) is 18.0. The quantitative estimate of drug-likeness (QED) is 0.379. The molecule has 0 aliphatic heterocycles. The molecule has 2 aromatic carbocycles. The largest absolute Gasteiger partial charge is 0.504 e. The molecule has 1 amide bonds. The van der Waals surface area contributed by atoms with Crippen LogP contribution < -0.4 is 10.9 Å². The van der Waals surface area contributed by atoms with E-state index < -0.39 is 29.1 Å². The summed E-state index contributed by atoms with van der Waals surface area (Å²) in [5.74, 6) is -1.65. The van der Waals surface area contributed by atoms with Gasteiger partial charge in [0.15, 0.2) is 11.5 Å². The van der Waals surface area contributed by atoms with Crippen molar-refractivity contribution in [3.05, 3.63) is 70.1 Å². The average molecular weight is 339 g/mol. The van der Waals surface area contributed by atoms with Crippen LogP contribution in [0.25, 0.3) is 11.0 Å². The molecule has 3 N–H and O–H groups in total. The van der Waals surface area contributed by atoms with Gasteiger partial charge in [-0.3, -0.25) is 4.79 Å². The third-order valence-electron chi connectivity index (χ3n) is 3.66. The number of rotatable bonds is 4. The minimum atomic E-state index is -0.923. The van der Waals surface area contributed by atoms with Gasteiger partial charge in [0.1, 0.15) is 23.5 Å². The third-order valence-corrected chi connectivity index (χ3v) is 3.66. The average Bonchev–Trinajstić information content (AvgIpc) is 2.61. The Morgan fingerprint density at radius 1 is 1.08 bits per heavy atom. The Morgan fingerprint density at radius 2 is 1.76 bits per heavy atom. The molecule has 0 saturated carbocycles. The molecule has 1 heterocycles. The number of aromatic hydroxyl groups is 2. The Morgan fingerprint density at radius 3 is 2.44 bits per heavy atom. The van der Waals surface area contributed by atoms with Crippen molar-refractivity contribution in [2.45, 2.75) is 6.04 Å². The summed E-state index contributed by atoms with van der Waals surface area (Å²) in [7, 11) is 0. The van der Waals surface area contributed by atoms with Gasteiger partial charge in [0.25, 0.3) is 5.91 Å². The second-order valence-electron chi connectivity index (χ2n) is 5.32. The number of phenolic OH excluding ortho intramolecular Hbond substituents is 2. The molecule has 0 saturated heterocycles. The maximum absolute atomic E-state index is 12.4. The molecule has 1 aromatic heterocycles. The Labute approximate surface area is 141 Å². The van der Waals surface area contributed by atoms with Crippen LogP contribution in [0.15, 0.2) is 57.7 Å². The predicted octanol–water partition coefficient (Wildman–Crippen LogP) is 1.87. The van der Waals surface area contributed by atoms with E-state index in [1.54, 1.807) is 30.3 Å². The fourth-order valence-corrected chi connectivity index (χ4v) is 2.38. The number of amides is 1. The molecule has 0 aliphatic carbocycles. The zero-order valence-electron chi connectivity index (χ0n) is 12.8. The van der Waals surface area contributed by atoms with Crippen molar-refractivity contribution in [2.75, 3.05) is 0 Å². The molecule has 126 valence electrons. The van der Waals surface area contributed by atoms with E-state index in [4.69, 9.17) is 4.42 Å². The topological polar surface area (TPSA) is 117 Å². The van der Waals surface area contributed by atoms with Gasteiger partial charge in [0.2, 0.25) is 0 Å². The van der Waals surface area contributed by atoms with Crippen LogP contribution >= 0.6 is 0 Å². The maximum atomic E-state index is 12.4. The zero-order valence-corrected chi connectivity index (χ0v) is 12.8. The number of carbonyl (C=O) groups is 2. The number of hydrogen-bond donors (Lipinski definition) is 3. The number of benzene rings is 2. The molecule has 7 heteroatoms. The molecule has 0 spiro atoms. The van der Waals surface area contributed by atoms with Crippen LogP contribution in [0.4, 0.5) is 0 Å². The monoisotopic (exact) mass is 339 g/mol. The molecule has 3 rings (SSSR count). The van der Waals surface area contributed by atoms with Crippen molar-refractivity contribution in [3.8, 4) is 11.5 Å². The second-order valence-corrected chi connectivity index (χ2v) is 5.32. The summed E-state index contributed by atoms with van der Waals surface area (Å²) in [5, 5.41) is 21.7. The second kappa shape index (κ2) is 6.48. The normalized spacial score (nSPS) is 11.8. The van der Waals surface area contributed by atoms with Gasteiger partial charge in [-0.15, -0.1) is 0 Å². The van der Waals surface area contributed by atoms with Crippen molar-refractivity contribution in [1.29, 1.82) is 0 Å². The summed E-state index contributed by atoms with van der Waals surface area (Å²) < 4.78 is 4.99. The van der Waals surface area contributed by atoms with E-state index in [-0.39, 0.29) is 16.5 Å². The third kappa shape index (κ3) is 3.20. The highest BCUT2D eigenvalue weighted by atomic mass is 16.4. The van der Waals surface area contributed by atoms with E-state index in [1.807, 2.05) is 0 Å². The lowest BCUT2D eigenvalue weighted by atomic mass is 10.1. The highest BCUT2D eigenvalue weighted by Gasteiger charge is 2.19. The van der Waals surface area contributed by atoms with Crippen molar-refractivity contribution in [1.82, 2.24) is 5.32 Å². The van der Waals surface area contributed by atoms with Crippen LogP contribution in [0.5, 0.6) is 11.5 Å². The smallest absolute Gasteiger partial charge is 0.349 e. The van der Waals surface area contributed by atoms with Gasteiger partial charge in [-0.25, -0.2) is 4.79 Å². The first kappa shape index (κ1) is 16.3. The van der Waals surface area contributed by atoms with E-state index >= 15 is 0 Å². The van der Waals surface area contributed by atoms with Crippen LogP contribution in [0, 0.1) is 0 Å². The summed E-state index contributed by atoms with van der Waals surface area (Å²) in [4.78, 5) is 35.7. The van der Waals surface area contributed by atoms with Gasteiger partial charge in [-0.2, -0.15) is 0 Å². The van der Waals surface area contributed by atoms with E-state index in [0.29, 0.717) is 11.8 Å². The summed E-state index contributed by atoms with van der Waals surface area (Å²) in [6, 6.07) is 11.1. The van der Waals surface area contributed by atoms with Crippen molar-refractivity contribution >= 4 is 23.2 Å². The Hall–Kier alpha value is -3.61. The van der Waals surface area contributed by atoms with Crippen LogP contribution in [0.1, 0.15) is 22.0 Å². The maximum Gasteiger partial charge on any atom is 0.349 e. The summed E-state index contributed by atoms with van der Waals surface area (Å²) in [6.45, 7) is 0. The van der Waals surface area contributed by atoms with Gasteiger partial charge in [-0.1, -0.05) is 30.3 Å². The minimum Gasteiger partial charge on any atom is -0.504 e. The van der Waals surface area contributed by atoms with Crippen LogP contribution in [-0.2, 0) is 4.79 Å². The number of nitrogens with one attached hydrogen (secondary N) is 1. The van der Waals surface area contributed by atoms with Crippen molar-refractivity contribution in [2.24, 2.45) is 0 Å². The van der Waals surface area contributed by atoms with E-state index in [0.717, 1.165) is 6.07 Å². The first-order valence-electron chi connectivity index (χ1n) is 7.30. The van der Waals surface area contributed by atoms with Crippen LogP contribution in [-0.4, -0.2) is 22.4 Å². The fraction of sp³-hybridized carbons (Fsp3) is 0.0556. The highest BCUT2D eigenvalue weighted by molar-refractivity contribution is 5.98. The molecule has 3 aromatic rings. The molecule has 25 heavy (non-hydrogen) atoms. The molecule has 0 aliphatic rings. The Kier molecular flexibility index (Phi) is 4.21. The van der Waals surface area contributed by atoms with Gasteiger partial charge < -0.3 is 24.7 Å². The molecular formula is C18H13NO6. The van der Waals surface area contributed by atoms with E-state index in [9.17, 15) is 24.6 Å². The van der Waals surface area contributed by atoms with E-state index in [1.165, 1.54) is 12.1 Å². The van der Waals surface area contributed by atoms with Crippen LogP contribution in [0.3, 0.4) is 0 Å². The molecule has 1 unspecified atom stereocenters. The SMILES string of the molecule is O=CC(NC(=O)c1cc2cc(O)c(O)cc2oc1=O)c1ccccc1. The number of phenols is 2. The lowest BCUT2D eigenvalue weighted by Gasteiger charge is -2.12. The summed E-state index contributed by atoms with van der Waals surface area (Å²) >= 11 is 0. The molecule has 0 radical (unpaired) electrons. The van der Waals surface area contributed by atoms with Crippen molar-refractivity contribution in [3.63, 3.8) is 0 Å². The molecule has 1 atom stereocenters. The van der Waals surface area contributed by atoms with E-state index in [2.05, 4.69) is 5.32 Å². The summed E-state index contributed by atoms with van der Waals surface area (Å²) in [6.07, 6.45) is 0.555. The lowest BCUT2D eigenvalue weighted by molar-refractivity contribution is -0.109. The fourth-order valence-electron chi connectivity index (χ4n) is 2.38. The molecule has 0 bridgehead atoms. The van der Waals surface area contributed by atoms with Crippen molar-refractivity contribution < 1.29 is 24.2 Å². The minimum absolute atomic E-state index is 0.0202. The number of fused-ring (bicyclic) bond motifs is 1. The molecule has 0 fully saturated rings. The van der Waals surface area contributed by atoms with Gasteiger partial charge in [-0.05, 0) is 17.7 Å². The first-order chi connectivity index (χ1) is 12.0. The van der Waals surface area contributed by atoms with Crippen LogP contribution in [0.2, 0.25) is 0 Å². The van der Waals surface area contributed by atoms with Gasteiger partial charge >= 0.3 is 5.63 Å². The highest BCUT2D eigenvalue weighted by Crippen LogP contribution is 2.29. The Balaban J connectivity index is 1.96. The lowest BCUT2D eigenvalue weighted by Crippen LogP contribution is -2.32. The standard InChI is InChI=1S/C18H13NO6/c20-9-13(10-4-2-1-3-5-10)19-17(23)12-6-11-7-14(21)15(22)8-16(11)25-18(12)24/h1-9,13,21-22H,(H,19,23). The van der Waals surface area contributed by atoms with Gasteiger partial charge in [0, 0.05) is 11.5 Å². The molecular weight excluding hydrogens is 326 g/mol. The summed E-state index contributed by atoms with van der Waals surface area (Å²) in [5.41, 5.74) is -0.654. The Bertz CT molecular complexity index is 1010.